The molecule has 0 aliphatic carbocycles. The maximum absolute atomic E-state index is 11.8. The lowest BCUT2D eigenvalue weighted by Gasteiger charge is -2.16. The van der Waals surface area contributed by atoms with Crippen molar-refractivity contribution in [2.75, 3.05) is 10.4 Å². The quantitative estimate of drug-likeness (QED) is 0.636. The minimum atomic E-state index is -0.713. The minimum absolute atomic E-state index is 0.300. The molecule has 0 bridgehead atoms. The zero-order valence-corrected chi connectivity index (χ0v) is 11.2. The van der Waals surface area contributed by atoms with E-state index < -0.39 is 6.03 Å². The number of amides is 2. The minimum Gasteiger partial charge on any atom is -0.304 e. The smallest absolute Gasteiger partial charge is 0.304 e. The lowest BCUT2D eigenvalue weighted by atomic mass is 10.3. The number of urea groups is 1. The zero-order valence-electron chi connectivity index (χ0n) is 9.68. The van der Waals surface area contributed by atoms with Gasteiger partial charge in [0.1, 0.15) is 0 Å². The third-order valence-electron chi connectivity index (χ3n) is 2.38. The van der Waals surface area contributed by atoms with Gasteiger partial charge in [0.2, 0.25) is 0 Å². The number of rotatable bonds is 2. The Morgan fingerprint density at radius 1 is 1.05 bits per heavy atom. The molecule has 6 heteroatoms. The van der Waals surface area contributed by atoms with Crippen molar-refractivity contribution < 1.29 is 10.0 Å². The largest absolute Gasteiger partial charge is 0.350 e. The Hall–Kier alpha value is -1.75. The molecule has 0 radical (unpaired) electrons. The molecule has 4 nitrogen and oxygen atoms in total. The zero-order chi connectivity index (χ0) is 13.8. The fourth-order valence-corrected chi connectivity index (χ4v) is 1.74. The molecule has 2 rings (SSSR count). The van der Waals surface area contributed by atoms with Gasteiger partial charge >= 0.3 is 6.03 Å². The van der Waals surface area contributed by atoms with Crippen LogP contribution in [0.2, 0.25) is 10.0 Å². The Kier molecular flexibility index (Phi) is 4.27. The highest BCUT2D eigenvalue weighted by Gasteiger charge is 2.14. The Balaban J connectivity index is 2.12. The number of carbonyl (C=O) groups excluding carboxylic acids is 1. The Morgan fingerprint density at radius 2 is 1.68 bits per heavy atom. The van der Waals surface area contributed by atoms with Crippen LogP contribution in [0.4, 0.5) is 16.2 Å². The molecule has 2 amide bonds. The molecule has 0 atom stereocenters. The molecule has 0 aliphatic heterocycles. The van der Waals surface area contributed by atoms with Gasteiger partial charge in [0.15, 0.2) is 0 Å². The Morgan fingerprint density at radius 3 is 2.32 bits per heavy atom. The Bertz CT molecular complexity index is 587. The molecule has 98 valence electrons. The molecule has 0 spiro atoms. The van der Waals surface area contributed by atoms with Crippen molar-refractivity contribution >= 4 is 40.6 Å². The molecule has 0 aromatic heterocycles. The van der Waals surface area contributed by atoms with Gasteiger partial charge in [0.05, 0.1) is 16.4 Å². The predicted molar refractivity (Wildman–Crippen MR) is 76.2 cm³/mol. The monoisotopic (exact) mass is 296 g/mol. The molecular weight excluding hydrogens is 287 g/mol. The lowest BCUT2D eigenvalue weighted by molar-refractivity contribution is 0.216. The summed E-state index contributed by atoms with van der Waals surface area (Å²) in [6.45, 7) is 0. The van der Waals surface area contributed by atoms with Gasteiger partial charge in [-0.15, -0.1) is 0 Å². The third-order valence-corrected chi connectivity index (χ3v) is 2.96. The Labute approximate surface area is 120 Å². The van der Waals surface area contributed by atoms with E-state index in [-0.39, 0.29) is 0 Å². The van der Waals surface area contributed by atoms with Crippen molar-refractivity contribution in [3.63, 3.8) is 0 Å². The highest BCUT2D eigenvalue weighted by Crippen LogP contribution is 2.22. The maximum atomic E-state index is 11.8. The first-order valence-electron chi connectivity index (χ1n) is 5.38. The second-order valence-electron chi connectivity index (χ2n) is 3.70. The van der Waals surface area contributed by atoms with Gasteiger partial charge in [-0.2, -0.15) is 5.06 Å². The third kappa shape index (κ3) is 3.38. The lowest BCUT2D eigenvalue weighted by Crippen LogP contribution is -2.31. The van der Waals surface area contributed by atoms with Crippen molar-refractivity contribution in [3.8, 4) is 0 Å². The van der Waals surface area contributed by atoms with E-state index in [1.54, 1.807) is 36.4 Å². The van der Waals surface area contributed by atoms with Crippen LogP contribution in [0.25, 0.3) is 0 Å². The van der Waals surface area contributed by atoms with Gasteiger partial charge in [-0.05, 0) is 36.4 Å². The summed E-state index contributed by atoms with van der Waals surface area (Å²) in [5.74, 6) is 0. The first-order chi connectivity index (χ1) is 9.08. The van der Waals surface area contributed by atoms with Gasteiger partial charge in [-0.3, -0.25) is 5.21 Å². The number of benzene rings is 2. The number of halogens is 2. The highest BCUT2D eigenvalue weighted by atomic mass is 35.5. The van der Waals surface area contributed by atoms with Gasteiger partial charge in [0, 0.05) is 5.02 Å². The van der Waals surface area contributed by atoms with Crippen LogP contribution in [0.1, 0.15) is 0 Å². The van der Waals surface area contributed by atoms with Crippen LogP contribution in [0.5, 0.6) is 0 Å². The van der Waals surface area contributed by atoms with Crippen molar-refractivity contribution in [3.05, 3.63) is 58.6 Å². The number of anilines is 2. The van der Waals surface area contributed by atoms with Crippen LogP contribution in [-0.2, 0) is 0 Å². The molecule has 0 unspecified atom stereocenters. The first kappa shape index (κ1) is 13.7. The van der Waals surface area contributed by atoms with Crippen LogP contribution in [0.15, 0.2) is 48.5 Å². The van der Waals surface area contributed by atoms with Crippen LogP contribution in [0, 0.1) is 0 Å². The SMILES string of the molecule is O=C(Nc1ccccc1Cl)N(O)c1ccc(Cl)cc1. The summed E-state index contributed by atoms with van der Waals surface area (Å²) in [5, 5.41) is 13.7. The number of hydrogen-bond donors (Lipinski definition) is 2. The first-order valence-corrected chi connectivity index (χ1v) is 6.13. The van der Waals surface area contributed by atoms with Crippen molar-refractivity contribution in [2.45, 2.75) is 0 Å². The molecule has 0 aliphatic rings. The number of nitrogens with zero attached hydrogens (tertiary/aromatic N) is 1. The topological polar surface area (TPSA) is 52.6 Å². The summed E-state index contributed by atoms with van der Waals surface area (Å²) in [7, 11) is 0. The van der Waals surface area contributed by atoms with Gasteiger partial charge in [0.25, 0.3) is 0 Å². The number of carbonyl (C=O) groups is 1. The van der Waals surface area contributed by atoms with Crippen LogP contribution >= 0.6 is 23.2 Å². The fraction of sp³-hybridized carbons (Fsp3) is 0. The van der Waals surface area contributed by atoms with E-state index in [1.165, 1.54) is 12.1 Å². The predicted octanol–water partition coefficient (Wildman–Crippen LogP) is 4.42. The van der Waals surface area contributed by atoms with E-state index >= 15 is 0 Å². The second kappa shape index (κ2) is 5.93. The molecule has 0 saturated heterocycles. The van der Waals surface area contributed by atoms with E-state index in [2.05, 4.69) is 5.32 Å². The molecule has 19 heavy (non-hydrogen) atoms. The van der Waals surface area contributed by atoms with Crippen molar-refractivity contribution in [1.82, 2.24) is 0 Å². The van der Waals surface area contributed by atoms with Gasteiger partial charge < -0.3 is 5.32 Å². The molecule has 2 aromatic carbocycles. The van der Waals surface area contributed by atoms with E-state index in [4.69, 9.17) is 23.2 Å². The van der Waals surface area contributed by atoms with Crippen molar-refractivity contribution in [2.24, 2.45) is 0 Å². The number of para-hydroxylation sites is 1. The molecular formula is C13H10Cl2N2O2. The fourth-order valence-electron chi connectivity index (χ4n) is 1.43. The molecule has 2 N–H and O–H groups in total. The number of hydrogen-bond acceptors (Lipinski definition) is 2. The maximum Gasteiger partial charge on any atom is 0.350 e. The highest BCUT2D eigenvalue weighted by molar-refractivity contribution is 6.33. The number of hydroxylamine groups is 1. The van der Waals surface area contributed by atoms with E-state index in [9.17, 15) is 10.0 Å². The molecule has 0 heterocycles. The van der Waals surface area contributed by atoms with Crippen LogP contribution in [-0.4, -0.2) is 11.2 Å². The summed E-state index contributed by atoms with van der Waals surface area (Å²) < 4.78 is 0. The van der Waals surface area contributed by atoms with Gasteiger partial charge in [-0.1, -0.05) is 35.3 Å². The van der Waals surface area contributed by atoms with Crippen molar-refractivity contribution in [1.29, 1.82) is 0 Å². The summed E-state index contributed by atoms with van der Waals surface area (Å²) in [6, 6.07) is 12.2. The van der Waals surface area contributed by atoms with Crippen LogP contribution < -0.4 is 10.4 Å². The van der Waals surface area contributed by atoms with E-state index in [0.29, 0.717) is 26.5 Å². The van der Waals surface area contributed by atoms with E-state index in [0.717, 1.165) is 0 Å². The normalized spacial score (nSPS) is 10.1. The second-order valence-corrected chi connectivity index (χ2v) is 4.54. The number of nitrogens with one attached hydrogen (secondary N) is 1. The summed E-state index contributed by atoms with van der Waals surface area (Å²) in [4.78, 5) is 11.8. The summed E-state index contributed by atoms with van der Waals surface area (Å²) in [5.41, 5.74) is 0.719. The standard InChI is InChI=1S/C13H10Cl2N2O2/c14-9-5-7-10(8-6-9)17(19)13(18)16-12-4-2-1-3-11(12)15/h1-8,19H,(H,16,18). The molecule has 0 saturated carbocycles. The molecule has 2 aromatic rings. The molecule has 0 fully saturated rings. The average molecular weight is 297 g/mol. The summed E-state index contributed by atoms with van der Waals surface area (Å²) >= 11 is 11.6. The summed E-state index contributed by atoms with van der Waals surface area (Å²) in [6.07, 6.45) is 0. The average Bonchev–Trinajstić information content (AvgIpc) is 2.41. The van der Waals surface area contributed by atoms with E-state index in [1.807, 2.05) is 0 Å². The van der Waals surface area contributed by atoms with Crippen LogP contribution in [0.3, 0.4) is 0 Å². The van der Waals surface area contributed by atoms with Gasteiger partial charge in [-0.25, -0.2) is 4.79 Å².